The van der Waals surface area contributed by atoms with Crippen molar-refractivity contribution in [3.8, 4) is 23.0 Å². The number of aliphatic hydroxyl groups is 5. The van der Waals surface area contributed by atoms with E-state index in [2.05, 4.69) is 0 Å². The standard InChI is InChI=1S/C29H36O15/c1-13-22(36)23(37)24(38)29(41-13)44-27-25(39)28(40-9-8-15-3-6-17(32)19(34)11-15)42-20(12-30)26(27)43-21(35)7-4-14-2-5-16(31)18(33)10-14/h2-7,10-11,13,20,22-34,36-39H,8-9,12H2,1H3/b7-4+/t13-,20-,22+,23-,24-,25-,26-,27+,28-,29+/m1/s1. The van der Waals surface area contributed by atoms with Crippen LogP contribution in [0, 0.1) is 0 Å². The van der Waals surface area contributed by atoms with Gasteiger partial charge in [-0.1, -0.05) is 12.1 Å². The molecule has 242 valence electrons. The number of phenolic OH excluding ortho intramolecular Hbond substituents is 4. The van der Waals surface area contributed by atoms with Crippen molar-refractivity contribution in [1.29, 1.82) is 0 Å². The molecule has 0 unspecified atom stereocenters. The third-order valence-corrected chi connectivity index (χ3v) is 7.27. The number of hydrogen-bond acceptors (Lipinski definition) is 15. The number of ether oxygens (including phenoxy) is 5. The minimum absolute atomic E-state index is 0.0754. The van der Waals surface area contributed by atoms with Gasteiger partial charge in [0.25, 0.3) is 0 Å². The summed E-state index contributed by atoms with van der Waals surface area (Å²) < 4.78 is 28.2. The number of esters is 1. The molecule has 0 radical (unpaired) electrons. The van der Waals surface area contributed by atoms with Gasteiger partial charge in [-0.3, -0.25) is 0 Å². The van der Waals surface area contributed by atoms with E-state index in [0.29, 0.717) is 11.1 Å². The Kier molecular flexibility index (Phi) is 11.0. The molecule has 2 aromatic rings. The summed E-state index contributed by atoms with van der Waals surface area (Å²) in [6.07, 6.45) is -12.6. The monoisotopic (exact) mass is 624 g/mol. The van der Waals surface area contributed by atoms with Gasteiger partial charge in [0, 0.05) is 6.08 Å². The highest BCUT2D eigenvalue weighted by atomic mass is 16.7. The molecule has 0 amide bonds. The number of phenols is 4. The van der Waals surface area contributed by atoms with Crippen LogP contribution >= 0.6 is 0 Å². The maximum atomic E-state index is 12.8. The summed E-state index contributed by atoms with van der Waals surface area (Å²) in [6, 6.07) is 7.98. The number of rotatable bonds is 10. The van der Waals surface area contributed by atoms with Crippen LogP contribution < -0.4 is 0 Å². The van der Waals surface area contributed by atoms with Gasteiger partial charge >= 0.3 is 5.97 Å². The van der Waals surface area contributed by atoms with Crippen LogP contribution in [0.25, 0.3) is 6.08 Å². The van der Waals surface area contributed by atoms with Gasteiger partial charge in [0.15, 0.2) is 41.7 Å². The minimum Gasteiger partial charge on any atom is -0.504 e. The van der Waals surface area contributed by atoms with Gasteiger partial charge in [0.05, 0.1) is 19.3 Å². The zero-order valence-electron chi connectivity index (χ0n) is 23.5. The highest BCUT2D eigenvalue weighted by Crippen LogP contribution is 2.32. The number of carbonyl (C=O) groups excluding carboxylic acids is 1. The van der Waals surface area contributed by atoms with Crippen LogP contribution in [0.1, 0.15) is 18.1 Å². The Hall–Kier alpha value is -3.51. The molecule has 4 rings (SSSR count). The van der Waals surface area contributed by atoms with E-state index in [1.807, 2.05) is 0 Å². The molecule has 15 nitrogen and oxygen atoms in total. The predicted molar refractivity (Wildman–Crippen MR) is 147 cm³/mol. The first-order valence-corrected chi connectivity index (χ1v) is 13.7. The molecule has 10 atom stereocenters. The Labute approximate surface area is 251 Å². The molecule has 2 saturated heterocycles. The van der Waals surface area contributed by atoms with Crippen LogP contribution in [0.4, 0.5) is 0 Å². The fraction of sp³-hybridized carbons (Fsp3) is 0.483. The SMILES string of the molecule is C[C@H]1O[C@@H](O[C@H]2[C@@H](O)[C@H](OCCc3ccc(O)c(O)c3)O[C@H](CO)[C@H]2OC(=O)/C=C/c2ccc(O)c(O)c2)[C@H](O)[C@H](O)[C@H]1O. The molecule has 0 aromatic heterocycles. The topological polar surface area (TPSA) is 245 Å². The fourth-order valence-electron chi connectivity index (χ4n) is 4.76. The second-order valence-electron chi connectivity index (χ2n) is 10.4. The molecule has 44 heavy (non-hydrogen) atoms. The fourth-order valence-corrected chi connectivity index (χ4v) is 4.76. The maximum Gasteiger partial charge on any atom is 0.331 e. The van der Waals surface area contributed by atoms with Crippen LogP contribution in [0.3, 0.4) is 0 Å². The van der Waals surface area contributed by atoms with Crippen LogP contribution in [0.5, 0.6) is 23.0 Å². The second kappa shape index (κ2) is 14.5. The van der Waals surface area contributed by atoms with Crippen molar-refractivity contribution >= 4 is 12.0 Å². The third-order valence-electron chi connectivity index (χ3n) is 7.27. The summed E-state index contributed by atoms with van der Waals surface area (Å²) >= 11 is 0. The van der Waals surface area contributed by atoms with E-state index in [-0.39, 0.29) is 30.3 Å². The lowest BCUT2D eigenvalue weighted by molar-refractivity contribution is -0.357. The van der Waals surface area contributed by atoms with Crippen LogP contribution in [-0.4, -0.2) is 127 Å². The molecule has 0 bridgehead atoms. The third kappa shape index (κ3) is 7.76. The number of hydrogen-bond donors (Lipinski definition) is 9. The first-order chi connectivity index (χ1) is 20.9. The highest BCUT2D eigenvalue weighted by molar-refractivity contribution is 5.87. The number of benzene rings is 2. The van der Waals surface area contributed by atoms with E-state index in [0.717, 1.165) is 6.08 Å². The Morgan fingerprint density at radius 2 is 1.50 bits per heavy atom. The zero-order chi connectivity index (χ0) is 32.1. The predicted octanol–water partition coefficient (Wildman–Crippen LogP) is -1.02. The molecule has 2 heterocycles. The van der Waals surface area contributed by atoms with Crippen molar-refractivity contribution in [2.45, 2.75) is 74.8 Å². The van der Waals surface area contributed by atoms with E-state index in [1.165, 1.54) is 43.3 Å². The van der Waals surface area contributed by atoms with Gasteiger partial charge in [0.1, 0.15) is 36.6 Å². The van der Waals surface area contributed by atoms with E-state index in [4.69, 9.17) is 23.7 Å². The Morgan fingerprint density at radius 1 is 0.818 bits per heavy atom. The molecule has 0 spiro atoms. The lowest BCUT2D eigenvalue weighted by Crippen LogP contribution is -2.65. The van der Waals surface area contributed by atoms with Crippen molar-refractivity contribution in [3.05, 3.63) is 53.6 Å². The average molecular weight is 625 g/mol. The number of carbonyl (C=O) groups is 1. The first kappa shape index (κ1) is 33.4. The van der Waals surface area contributed by atoms with Crippen molar-refractivity contribution in [3.63, 3.8) is 0 Å². The lowest BCUT2D eigenvalue weighted by Gasteiger charge is -2.46. The molecule has 0 saturated carbocycles. The lowest BCUT2D eigenvalue weighted by atomic mass is 9.97. The van der Waals surface area contributed by atoms with E-state index in [9.17, 15) is 50.8 Å². The molecule has 2 fully saturated rings. The second-order valence-corrected chi connectivity index (χ2v) is 10.4. The summed E-state index contributed by atoms with van der Waals surface area (Å²) in [5.41, 5.74) is 0.914. The molecule has 0 aliphatic carbocycles. The summed E-state index contributed by atoms with van der Waals surface area (Å²) in [5, 5.41) is 90.5. The van der Waals surface area contributed by atoms with E-state index >= 15 is 0 Å². The van der Waals surface area contributed by atoms with Crippen molar-refractivity contribution < 1.29 is 74.4 Å². The normalized spacial score (nSPS) is 32.5. The first-order valence-electron chi connectivity index (χ1n) is 13.7. The van der Waals surface area contributed by atoms with Crippen LogP contribution in [0.15, 0.2) is 42.5 Å². The number of aliphatic hydroxyl groups excluding tert-OH is 5. The van der Waals surface area contributed by atoms with Gasteiger partial charge in [-0.2, -0.15) is 0 Å². The van der Waals surface area contributed by atoms with Gasteiger partial charge in [-0.25, -0.2) is 4.79 Å². The summed E-state index contributed by atoms with van der Waals surface area (Å²) in [5.74, 6) is -2.40. The van der Waals surface area contributed by atoms with Crippen LogP contribution in [-0.2, 0) is 34.9 Å². The molecule has 9 N–H and O–H groups in total. The van der Waals surface area contributed by atoms with E-state index < -0.39 is 79.7 Å². The Morgan fingerprint density at radius 3 is 2.16 bits per heavy atom. The van der Waals surface area contributed by atoms with Gasteiger partial charge in [0.2, 0.25) is 0 Å². The summed E-state index contributed by atoms with van der Waals surface area (Å²) in [6.45, 7) is 0.606. The zero-order valence-corrected chi connectivity index (χ0v) is 23.5. The Balaban J connectivity index is 1.52. The van der Waals surface area contributed by atoms with Crippen molar-refractivity contribution in [1.82, 2.24) is 0 Å². The quantitative estimate of drug-likeness (QED) is 0.0873. The van der Waals surface area contributed by atoms with Crippen molar-refractivity contribution in [2.24, 2.45) is 0 Å². The van der Waals surface area contributed by atoms with E-state index in [1.54, 1.807) is 6.07 Å². The van der Waals surface area contributed by atoms with Gasteiger partial charge in [-0.05, 0) is 54.8 Å². The smallest absolute Gasteiger partial charge is 0.331 e. The Bertz CT molecular complexity index is 1300. The molecule has 2 aliphatic rings. The minimum atomic E-state index is -1.77. The molecule has 2 aromatic carbocycles. The maximum absolute atomic E-state index is 12.8. The van der Waals surface area contributed by atoms with Gasteiger partial charge < -0.3 is 69.6 Å². The highest BCUT2D eigenvalue weighted by Gasteiger charge is 2.52. The summed E-state index contributed by atoms with van der Waals surface area (Å²) in [4.78, 5) is 12.8. The van der Waals surface area contributed by atoms with Crippen molar-refractivity contribution in [2.75, 3.05) is 13.2 Å². The molecule has 15 heteroatoms. The largest absolute Gasteiger partial charge is 0.504 e. The average Bonchev–Trinajstić information content (AvgIpc) is 2.99. The molecular formula is C29H36O15. The van der Waals surface area contributed by atoms with Gasteiger partial charge in [-0.15, -0.1) is 0 Å². The molecule has 2 aliphatic heterocycles. The number of aromatic hydroxyl groups is 4. The van der Waals surface area contributed by atoms with Crippen LogP contribution in [0.2, 0.25) is 0 Å². The summed E-state index contributed by atoms with van der Waals surface area (Å²) in [7, 11) is 0. The molecular weight excluding hydrogens is 588 g/mol.